The lowest BCUT2D eigenvalue weighted by Gasteiger charge is -2.27. The number of hydrogen-bond donors (Lipinski definition) is 0. The van der Waals surface area contributed by atoms with Crippen LogP contribution in [-0.4, -0.2) is 0 Å². The third kappa shape index (κ3) is 5.13. The summed E-state index contributed by atoms with van der Waals surface area (Å²) in [6, 6.07) is 70.9. The molecule has 0 atom stereocenters. The molecular formula is C52H33NO2. The van der Waals surface area contributed by atoms with Gasteiger partial charge in [-0.15, -0.1) is 0 Å². The zero-order valence-electron chi connectivity index (χ0n) is 29.8. The predicted octanol–water partition coefficient (Wildman–Crippen LogP) is 15.1. The molecule has 0 unspecified atom stereocenters. The molecule has 0 N–H and O–H groups in total. The Hall–Kier alpha value is -7.36. The van der Waals surface area contributed by atoms with Gasteiger partial charge >= 0.3 is 0 Å². The van der Waals surface area contributed by atoms with Crippen LogP contribution in [0.3, 0.4) is 0 Å². The first kappa shape index (κ1) is 31.2. The van der Waals surface area contributed by atoms with Crippen LogP contribution in [-0.2, 0) is 0 Å². The summed E-state index contributed by atoms with van der Waals surface area (Å²) in [5, 5.41) is 6.91. The smallest absolute Gasteiger partial charge is 0.143 e. The summed E-state index contributed by atoms with van der Waals surface area (Å²) < 4.78 is 12.8. The quantitative estimate of drug-likeness (QED) is 0.173. The fraction of sp³-hybridized carbons (Fsp3) is 0. The lowest BCUT2D eigenvalue weighted by Crippen LogP contribution is -2.10. The minimum atomic E-state index is 0.859. The molecule has 55 heavy (non-hydrogen) atoms. The van der Waals surface area contributed by atoms with Crippen LogP contribution in [0.25, 0.3) is 88.0 Å². The molecule has 0 spiro atoms. The van der Waals surface area contributed by atoms with Crippen LogP contribution in [0.1, 0.15) is 0 Å². The first-order chi connectivity index (χ1) is 27.3. The van der Waals surface area contributed by atoms with Gasteiger partial charge in [-0.3, -0.25) is 0 Å². The number of anilines is 3. The molecule has 0 fully saturated rings. The average molecular weight is 704 g/mol. The van der Waals surface area contributed by atoms with E-state index in [4.69, 9.17) is 8.83 Å². The Morgan fingerprint density at radius 2 is 0.818 bits per heavy atom. The monoisotopic (exact) mass is 703 g/mol. The van der Waals surface area contributed by atoms with Crippen LogP contribution in [0, 0.1) is 0 Å². The maximum absolute atomic E-state index is 6.42. The first-order valence-electron chi connectivity index (χ1n) is 18.7. The number of furan rings is 2. The van der Waals surface area contributed by atoms with Crippen molar-refractivity contribution in [2.45, 2.75) is 0 Å². The second-order valence-electron chi connectivity index (χ2n) is 14.0. The van der Waals surface area contributed by atoms with Crippen LogP contribution < -0.4 is 4.90 Å². The van der Waals surface area contributed by atoms with Crippen molar-refractivity contribution in [3.05, 3.63) is 200 Å². The summed E-state index contributed by atoms with van der Waals surface area (Å²) in [6.07, 6.45) is 0. The number of para-hydroxylation sites is 3. The summed E-state index contributed by atoms with van der Waals surface area (Å²) >= 11 is 0. The molecule has 0 bridgehead atoms. The van der Waals surface area contributed by atoms with E-state index in [2.05, 4.69) is 181 Å². The molecule has 0 amide bonds. The van der Waals surface area contributed by atoms with Crippen molar-refractivity contribution in [3.8, 4) is 33.4 Å². The van der Waals surface area contributed by atoms with Crippen molar-refractivity contribution in [1.29, 1.82) is 0 Å². The third-order valence-corrected chi connectivity index (χ3v) is 10.9. The molecular weight excluding hydrogens is 671 g/mol. The Balaban J connectivity index is 1.06. The van der Waals surface area contributed by atoms with Crippen LogP contribution in [0.4, 0.5) is 17.1 Å². The summed E-state index contributed by atoms with van der Waals surface area (Å²) in [6.45, 7) is 0. The van der Waals surface area contributed by atoms with Gasteiger partial charge in [-0.25, -0.2) is 0 Å². The Morgan fingerprint density at radius 3 is 1.53 bits per heavy atom. The number of fused-ring (bicyclic) bond motifs is 7. The fourth-order valence-electron chi connectivity index (χ4n) is 8.36. The van der Waals surface area contributed by atoms with Crippen molar-refractivity contribution in [3.63, 3.8) is 0 Å². The molecule has 2 heterocycles. The van der Waals surface area contributed by atoms with E-state index < -0.39 is 0 Å². The van der Waals surface area contributed by atoms with Crippen molar-refractivity contribution in [2.24, 2.45) is 0 Å². The maximum atomic E-state index is 6.42. The van der Waals surface area contributed by atoms with Gasteiger partial charge in [-0.1, -0.05) is 152 Å². The highest BCUT2D eigenvalue weighted by Gasteiger charge is 2.20. The van der Waals surface area contributed by atoms with E-state index in [1.165, 1.54) is 33.0 Å². The first-order valence-corrected chi connectivity index (χ1v) is 18.7. The van der Waals surface area contributed by atoms with E-state index in [0.29, 0.717) is 0 Å². The lowest BCUT2D eigenvalue weighted by molar-refractivity contribution is 0.669. The molecule has 3 heteroatoms. The van der Waals surface area contributed by atoms with Crippen molar-refractivity contribution in [2.75, 3.05) is 4.90 Å². The zero-order valence-corrected chi connectivity index (χ0v) is 29.8. The third-order valence-electron chi connectivity index (χ3n) is 10.9. The molecule has 3 nitrogen and oxygen atoms in total. The minimum absolute atomic E-state index is 0.859. The molecule has 11 rings (SSSR count). The van der Waals surface area contributed by atoms with Gasteiger partial charge in [0.05, 0.1) is 11.1 Å². The molecule has 258 valence electrons. The summed E-state index contributed by atoms with van der Waals surface area (Å²) in [7, 11) is 0. The Labute approximate surface area is 317 Å². The molecule has 0 saturated heterocycles. The van der Waals surface area contributed by atoms with Gasteiger partial charge in [0.15, 0.2) is 0 Å². The second-order valence-corrected chi connectivity index (χ2v) is 14.0. The highest BCUT2D eigenvalue weighted by molar-refractivity contribution is 6.14. The van der Waals surface area contributed by atoms with Gasteiger partial charge in [0.25, 0.3) is 0 Å². The van der Waals surface area contributed by atoms with Gasteiger partial charge in [0, 0.05) is 33.1 Å². The number of benzene rings is 9. The summed E-state index contributed by atoms with van der Waals surface area (Å²) in [5.41, 5.74) is 13.7. The zero-order chi connectivity index (χ0) is 36.3. The molecule has 9 aromatic carbocycles. The highest BCUT2D eigenvalue weighted by atomic mass is 16.3. The van der Waals surface area contributed by atoms with E-state index in [-0.39, 0.29) is 0 Å². The van der Waals surface area contributed by atoms with E-state index in [9.17, 15) is 0 Å². The van der Waals surface area contributed by atoms with Gasteiger partial charge in [0.1, 0.15) is 22.3 Å². The maximum Gasteiger partial charge on any atom is 0.143 e. The normalized spacial score (nSPS) is 11.6. The van der Waals surface area contributed by atoms with Gasteiger partial charge in [-0.05, 0) is 87.1 Å². The highest BCUT2D eigenvalue weighted by Crippen LogP contribution is 2.45. The number of hydrogen-bond acceptors (Lipinski definition) is 3. The standard InChI is InChI=1S/C52H33NO2/c1-2-12-34(13-3-1)40-18-8-14-37-15-9-19-41(50(37)40)35-26-30-38(31-27-35)53(46-22-11-25-49-51(46)45-17-5-7-24-48(45)54-49)39-32-28-36(29-33-39)42-20-10-21-44-43-16-4-6-23-47(43)55-52(42)44/h1-33H. The molecule has 11 aromatic rings. The van der Waals surface area contributed by atoms with Gasteiger partial charge in [0.2, 0.25) is 0 Å². The van der Waals surface area contributed by atoms with Crippen LogP contribution in [0.5, 0.6) is 0 Å². The van der Waals surface area contributed by atoms with Crippen molar-refractivity contribution >= 4 is 71.7 Å². The number of nitrogens with zero attached hydrogens (tertiary/aromatic N) is 1. The van der Waals surface area contributed by atoms with Crippen molar-refractivity contribution < 1.29 is 8.83 Å². The predicted molar refractivity (Wildman–Crippen MR) is 229 cm³/mol. The Kier molecular flexibility index (Phi) is 7.17. The SMILES string of the molecule is c1ccc(-c2cccc3cccc(-c4ccc(N(c5ccc(-c6cccc7c6oc6ccccc67)cc5)c5cccc6oc7ccccc7c56)cc4)c23)cc1. The lowest BCUT2D eigenvalue weighted by atomic mass is 9.91. The minimum Gasteiger partial charge on any atom is -0.456 e. The summed E-state index contributed by atoms with van der Waals surface area (Å²) in [4.78, 5) is 2.35. The Morgan fingerprint density at radius 1 is 0.309 bits per heavy atom. The molecule has 0 aliphatic heterocycles. The topological polar surface area (TPSA) is 29.5 Å². The molecule has 2 aromatic heterocycles. The van der Waals surface area contributed by atoms with Gasteiger partial charge in [-0.2, -0.15) is 0 Å². The molecule has 0 radical (unpaired) electrons. The van der Waals surface area contributed by atoms with Crippen LogP contribution >= 0.6 is 0 Å². The summed E-state index contributed by atoms with van der Waals surface area (Å²) in [5.74, 6) is 0. The van der Waals surface area contributed by atoms with E-state index in [0.717, 1.165) is 72.1 Å². The fourth-order valence-corrected chi connectivity index (χ4v) is 8.36. The Bertz CT molecular complexity index is 3180. The van der Waals surface area contributed by atoms with Crippen molar-refractivity contribution in [1.82, 2.24) is 0 Å². The molecule has 0 aliphatic carbocycles. The van der Waals surface area contributed by atoms with Crippen LogP contribution in [0.2, 0.25) is 0 Å². The second kappa shape index (κ2) is 12.6. The average Bonchev–Trinajstić information content (AvgIpc) is 3.83. The molecule has 0 saturated carbocycles. The van der Waals surface area contributed by atoms with Gasteiger partial charge < -0.3 is 13.7 Å². The molecule has 0 aliphatic rings. The van der Waals surface area contributed by atoms with E-state index in [1.54, 1.807) is 0 Å². The van der Waals surface area contributed by atoms with Crippen LogP contribution in [0.15, 0.2) is 209 Å². The van der Waals surface area contributed by atoms with E-state index >= 15 is 0 Å². The largest absolute Gasteiger partial charge is 0.456 e. The van der Waals surface area contributed by atoms with E-state index in [1.807, 2.05) is 24.3 Å². The number of rotatable bonds is 6.